The lowest BCUT2D eigenvalue weighted by Gasteiger charge is -2.32. The van der Waals surface area contributed by atoms with Crippen molar-refractivity contribution in [1.29, 1.82) is 0 Å². The molecule has 0 aromatic heterocycles. The van der Waals surface area contributed by atoms with E-state index in [1.807, 2.05) is 44.1 Å². The molecule has 1 aromatic rings. The Balaban J connectivity index is 1.44. The van der Waals surface area contributed by atoms with Gasteiger partial charge < -0.3 is 23.7 Å². The molecule has 9 heteroatoms. The van der Waals surface area contributed by atoms with Gasteiger partial charge in [0.05, 0.1) is 23.1 Å². The van der Waals surface area contributed by atoms with Gasteiger partial charge in [0.2, 0.25) is 0 Å². The van der Waals surface area contributed by atoms with Crippen LogP contribution in [0.2, 0.25) is 0 Å². The highest BCUT2D eigenvalue weighted by molar-refractivity contribution is 5.93. The van der Waals surface area contributed by atoms with Crippen LogP contribution in [0.3, 0.4) is 0 Å². The van der Waals surface area contributed by atoms with Gasteiger partial charge in [0.25, 0.3) is 0 Å². The summed E-state index contributed by atoms with van der Waals surface area (Å²) in [6.45, 7) is 3.43. The van der Waals surface area contributed by atoms with E-state index in [1.165, 1.54) is 0 Å². The molecule has 3 heterocycles. The van der Waals surface area contributed by atoms with Crippen LogP contribution in [0.15, 0.2) is 42.0 Å². The molecule has 8 atom stereocenters. The quantitative estimate of drug-likeness (QED) is 0.359. The molecule has 0 N–H and O–H groups in total. The Kier molecular flexibility index (Phi) is 5.64. The second-order valence-corrected chi connectivity index (χ2v) is 9.85. The van der Waals surface area contributed by atoms with Gasteiger partial charge in [0.15, 0.2) is 12.7 Å². The zero-order valence-corrected chi connectivity index (χ0v) is 19.6. The predicted molar refractivity (Wildman–Crippen MR) is 118 cm³/mol. The van der Waals surface area contributed by atoms with Gasteiger partial charge in [-0.2, -0.15) is 0 Å². The smallest absolute Gasteiger partial charge is 0.344 e. The molecule has 4 aliphatic rings. The molecule has 0 radical (unpaired) electrons. The Labute approximate surface area is 197 Å². The molecular formula is C25H29NO8. The lowest BCUT2D eigenvalue weighted by Crippen LogP contribution is -2.49. The SMILES string of the molecule is CC1C(=O)OC2CC3(C)OC3C(OC(=O)COc3ccccc3)C(N(C)C)C3=CC(OC3=O)C21. The van der Waals surface area contributed by atoms with Gasteiger partial charge in [-0.25, -0.2) is 9.59 Å². The van der Waals surface area contributed by atoms with Crippen molar-refractivity contribution in [1.82, 2.24) is 4.90 Å². The van der Waals surface area contributed by atoms with E-state index in [-0.39, 0.29) is 18.5 Å². The fourth-order valence-electron chi connectivity index (χ4n) is 5.49. The van der Waals surface area contributed by atoms with Crippen LogP contribution in [0.25, 0.3) is 0 Å². The molecule has 1 aliphatic carbocycles. The van der Waals surface area contributed by atoms with Gasteiger partial charge >= 0.3 is 17.9 Å². The van der Waals surface area contributed by atoms with E-state index >= 15 is 0 Å². The average Bonchev–Trinajstić information content (AvgIpc) is 3.19. The van der Waals surface area contributed by atoms with Gasteiger partial charge in [0.1, 0.15) is 24.1 Å². The van der Waals surface area contributed by atoms with Crippen molar-refractivity contribution in [3.63, 3.8) is 0 Å². The fraction of sp³-hybridized carbons (Fsp3) is 0.560. The van der Waals surface area contributed by atoms with Gasteiger partial charge in [-0.05, 0) is 39.2 Å². The van der Waals surface area contributed by atoms with Crippen LogP contribution in [0, 0.1) is 11.8 Å². The first kappa shape index (κ1) is 22.9. The van der Waals surface area contributed by atoms with E-state index in [4.69, 9.17) is 23.7 Å². The van der Waals surface area contributed by atoms with Crippen molar-refractivity contribution in [3.8, 4) is 5.75 Å². The molecule has 1 aromatic carbocycles. The molecular weight excluding hydrogens is 442 g/mol. The molecule has 2 saturated heterocycles. The van der Waals surface area contributed by atoms with Crippen molar-refractivity contribution >= 4 is 17.9 Å². The summed E-state index contributed by atoms with van der Waals surface area (Å²) in [6, 6.07) is 8.39. The number of carbonyl (C=O) groups excluding carboxylic acids is 3. The number of esters is 3. The second kappa shape index (κ2) is 8.39. The van der Waals surface area contributed by atoms with Gasteiger partial charge in [0, 0.05) is 12.3 Å². The first-order valence-electron chi connectivity index (χ1n) is 11.5. The Morgan fingerprint density at radius 2 is 1.91 bits per heavy atom. The van der Waals surface area contributed by atoms with E-state index in [2.05, 4.69) is 0 Å². The summed E-state index contributed by atoms with van der Waals surface area (Å²) in [5.74, 6) is -1.51. The predicted octanol–water partition coefficient (Wildman–Crippen LogP) is 1.50. The lowest BCUT2D eigenvalue weighted by molar-refractivity contribution is -0.156. The molecule has 0 saturated carbocycles. The molecule has 9 nitrogen and oxygen atoms in total. The number of para-hydroxylation sites is 1. The standard InChI is InChI=1S/C25H29NO8/c1-13-19-16-10-15(24(29)31-16)20(26(3)4)21(22-25(2,34-22)11-17(19)32-23(13)28)33-18(27)12-30-14-8-6-5-7-9-14/h5-10,13,16-17,19-22H,11-12H2,1-4H3. The van der Waals surface area contributed by atoms with Crippen LogP contribution in [0.4, 0.5) is 0 Å². The minimum Gasteiger partial charge on any atom is -0.482 e. The average molecular weight is 472 g/mol. The number of hydrogen-bond acceptors (Lipinski definition) is 9. The third kappa shape index (κ3) is 3.96. The summed E-state index contributed by atoms with van der Waals surface area (Å²) in [5.41, 5.74) is -0.283. The first-order chi connectivity index (χ1) is 16.2. The summed E-state index contributed by atoms with van der Waals surface area (Å²) in [4.78, 5) is 40.0. The summed E-state index contributed by atoms with van der Waals surface area (Å²) in [6.07, 6.45) is -0.135. The van der Waals surface area contributed by atoms with Crippen molar-refractivity contribution in [2.45, 2.75) is 56.3 Å². The van der Waals surface area contributed by atoms with Crippen molar-refractivity contribution in [3.05, 3.63) is 42.0 Å². The summed E-state index contributed by atoms with van der Waals surface area (Å²) < 4.78 is 28.9. The maximum absolute atomic E-state index is 13.0. The lowest BCUT2D eigenvalue weighted by atomic mass is 9.79. The zero-order chi connectivity index (χ0) is 24.2. The van der Waals surface area contributed by atoms with Crippen LogP contribution in [-0.4, -0.2) is 79.6 Å². The monoisotopic (exact) mass is 471 g/mol. The molecule has 34 heavy (non-hydrogen) atoms. The number of rotatable bonds is 5. The largest absolute Gasteiger partial charge is 0.482 e. The summed E-state index contributed by atoms with van der Waals surface area (Å²) in [7, 11) is 3.62. The third-order valence-corrected chi connectivity index (χ3v) is 7.25. The number of ether oxygens (including phenoxy) is 5. The van der Waals surface area contributed by atoms with Crippen LogP contribution in [-0.2, 0) is 33.3 Å². The Bertz CT molecular complexity index is 1020. The van der Waals surface area contributed by atoms with Crippen molar-refractivity contribution in [2.24, 2.45) is 11.8 Å². The highest BCUT2D eigenvalue weighted by atomic mass is 16.7. The number of nitrogens with zero attached hydrogens (tertiary/aromatic N) is 1. The number of likely N-dealkylation sites (N-methyl/N-ethyl adjacent to an activating group) is 1. The molecule has 0 spiro atoms. The topological polar surface area (TPSA) is 104 Å². The van der Waals surface area contributed by atoms with Gasteiger partial charge in [-0.15, -0.1) is 0 Å². The maximum atomic E-state index is 13.0. The minimum absolute atomic E-state index is 0.282. The molecule has 2 bridgehead atoms. The van der Waals surface area contributed by atoms with E-state index in [1.54, 1.807) is 25.1 Å². The van der Waals surface area contributed by atoms with Crippen LogP contribution in [0.1, 0.15) is 20.3 Å². The van der Waals surface area contributed by atoms with E-state index in [0.717, 1.165) is 0 Å². The number of epoxide rings is 1. The highest BCUT2D eigenvalue weighted by Crippen LogP contribution is 2.51. The Hall–Kier alpha value is -2.91. The normalized spacial score (nSPS) is 38.3. The van der Waals surface area contributed by atoms with Gasteiger partial charge in [-0.1, -0.05) is 25.1 Å². The number of carbonyl (C=O) groups is 3. The second-order valence-electron chi connectivity index (χ2n) is 9.85. The molecule has 8 unspecified atom stereocenters. The fourth-order valence-corrected chi connectivity index (χ4v) is 5.49. The molecule has 2 fully saturated rings. The number of hydrogen-bond donors (Lipinski definition) is 0. The number of benzene rings is 1. The zero-order valence-electron chi connectivity index (χ0n) is 19.6. The van der Waals surface area contributed by atoms with E-state index in [0.29, 0.717) is 17.7 Å². The van der Waals surface area contributed by atoms with Crippen LogP contribution >= 0.6 is 0 Å². The first-order valence-corrected chi connectivity index (χ1v) is 11.5. The van der Waals surface area contributed by atoms with E-state index < -0.39 is 53.9 Å². The highest BCUT2D eigenvalue weighted by Gasteiger charge is 2.65. The van der Waals surface area contributed by atoms with E-state index in [9.17, 15) is 14.4 Å². The van der Waals surface area contributed by atoms with Crippen LogP contribution in [0.5, 0.6) is 5.75 Å². The molecule has 0 amide bonds. The third-order valence-electron chi connectivity index (χ3n) is 7.25. The van der Waals surface area contributed by atoms with Crippen molar-refractivity contribution in [2.75, 3.05) is 20.7 Å². The number of fused-ring (bicyclic) bond motifs is 4. The van der Waals surface area contributed by atoms with Crippen LogP contribution < -0.4 is 4.74 Å². The summed E-state index contributed by atoms with van der Waals surface area (Å²) >= 11 is 0. The minimum atomic E-state index is -0.782. The van der Waals surface area contributed by atoms with Gasteiger partial charge in [-0.3, -0.25) is 9.69 Å². The molecule has 182 valence electrons. The molecule has 5 rings (SSSR count). The maximum Gasteiger partial charge on any atom is 0.344 e. The summed E-state index contributed by atoms with van der Waals surface area (Å²) in [5, 5.41) is 0. The Morgan fingerprint density at radius 3 is 2.62 bits per heavy atom. The molecule has 3 aliphatic heterocycles. The van der Waals surface area contributed by atoms with Crippen molar-refractivity contribution < 1.29 is 38.1 Å². The Morgan fingerprint density at radius 1 is 1.18 bits per heavy atom.